The number of aliphatic hydroxyl groups is 1. The normalized spacial score (nSPS) is 16.1. The quantitative estimate of drug-likeness (QED) is 0.671. The van der Waals surface area contributed by atoms with Crippen molar-refractivity contribution in [1.82, 2.24) is 5.32 Å². The van der Waals surface area contributed by atoms with Gasteiger partial charge in [0.2, 0.25) is 5.91 Å². The second-order valence-electron chi connectivity index (χ2n) is 6.60. The summed E-state index contributed by atoms with van der Waals surface area (Å²) >= 11 is 6.26. The molecular formula is C21H20ClFN2O4. The van der Waals surface area contributed by atoms with Crippen molar-refractivity contribution in [3.63, 3.8) is 0 Å². The Kier molecular flexibility index (Phi) is 6.51. The van der Waals surface area contributed by atoms with Gasteiger partial charge in [0.1, 0.15) is 18.2 Å². The molecule has 0 spiro atoms. The van der Waals surface area contributed by atoms with Gasteiger partial charge in [0.25, 0.3) is 5.91 Å². The lowest BCUT2D eigenvalue weighted by atomic mass is 9.86. The first-order chi connectivity index (χ1) is 13.9. The summed E-state index contributed by atoms with van der Waals surface area (Å²) in [5.74, 6) is -1.11. The van der Waals surface area contributed by atoms with Gasteiger partial charge in [-0.2, -0.15) is 0 Å². The Morgan fingerprint density at radius 1 is 1.34 bits per heavy atom. The summed E-state index contributed by atoms with van der Waals surface area (Å²) in [5, 5.41) is 14.6. The number of anilines is 1. The molecule has 1 atom stereocenters. The van der Waals surface area contributed by atoms with Crippen LogP contribution >= 0.6 is 11.6 Å². The molecule has 3 N–H and O–H groups in total. The summed E-state index contributed by atoms with van der Waals surface area (Å²) in [4.78, 5) is 24.8. The number of hydrogen-bond acceptors (Lipinski definition) is 4. The maximum atomic E-state index is 13.3. The summed E-state index contributed by atoms with van der Waals surface area (Å²) in [6.07, 6.45) is 1.43. The van der Waals surface area contributed by atoms with E-state index in [4.69, 9.17) is 21.4 Å². The Morgan fingerprint density at radius 3 is 2.76 bits per heavy atom. The summed E-state index contributed by atoms with van der Waals surface area (Å²) in [5.41, 5.74) is 2.08. The van der Waals surface area contributed by atoms with E-state index < -0.39 is 17.6 Å². The number of carbonyl (C=O) groups is 2. The highest BCUT2D eigenvalue weighted by molar-refractivity contribution is 6.34. The van der Waals surface area contributed by atoms with Crippen LogP contribution in [0.3, 0.4) is 0 Å². The number of carbonyl (C=O) groups excluding carboxylic acids is 2. The highest BCUT2D eigenvalue weighted by Crippen LogP contribution is 2.34. The molecule has 0 aliphatic carbocycles. The van der Waals surface area contributed by atoms with Crippen LogP contribution in [-0.4, -0.2) is 30.1 Å². The van der Waals surface area contributed by atoms with Crippen LogP contribution in [0, 0.1) is 12.7 Å². The Morgan fingerprint density at radius 2 is 2.07 bits per heavy atom. The van der Waals surface area contributed by atoms with Gasteiger partial charge >= 0.3 is 0 Å². The molecule has 1 aliphatic heterocycles. The lowest BCUT2D eigenvalue weighted by Crippen LogP contribution is -2.32. The van der Waals surface area contributed by atoms with Gasteiger partial charge in [-0.3, -0.25) is 9.59 Å². The number of amides is 2. The molecular weight excluding hydrogens is 399 g/mol. The van der Waals surface area contributed by atoms with Crippen molar-refractivity contribution in [3.05, 3.63) is 70.1 Å². The summed E-state index contributed by atoms with van der Waals surface area (Å²) in [6, 6.07) is 8.93. The van der Waals surface area contributed by atoms with Crippen LogP contribution in [0.2, 0.25) is 5.02 Å². The van der Waals surface area contributed by atoms with E-state index in [9.17, 15) is 14.0 Å². The number of benzene rings is 2. The maximum absolute atomic E-state index is 13.3. The molecule has 1 aliphatic rings. The van der Waals surface area contributed by atoms with Crippen LogP contribution in [0.5, 0.6) is 5.75 Å². The molecule has 6 nitrogen and oxygen atoms in total. The molecule has 8 heteroatoms. The third kappa shape index (κ3) is 4.93. The van der Waals surface area contributed by atoms with Gasteiger partial charge < -0.3 is 20.5 Å². The van der Waals surface area contributed by atoms with Crippen molar-refractivity contribution in [2.45, 2.75) is 19.3 Å². The molecule has 0 saturated heterocycles. The number of nitrogens with one attached hydrogen (secondary N) is 2. The van der Waals surface area contributed by atoms with E-state index in [1.54, 1.807) is 31.2 Å². The number of rotatable bonds is 6. The SMILES string of the molecule is Cc1cc(Cl)c(NC(=O)C2=CNC(=O)C[C@H]2c2ccc(F)cc2)cc1OCCO. The first kappa shape index (κ1) is 20.8. The van der Waals surface area contributed by atoms with Crippen LogP contribution in [0.4, 0.5) is 10.1 Å². The van der Waals surface area contributed by atoms with E-state index in [1.165, 1.54) is 18.3 Å². The Hall–Kier alpha value is -2.90. The highest BCUT2D eigenvalue weighted by Gasteiger charge is 2.29. The topological polar surface area (TPSA) is 87.7 Å². The lowest BCUT2D eigenvalue weighted by molar-refractivity contribution is -0.121. The van der Waals surface area contributed by atoms with E-state index in [0.29, 0.717) is 27.6 Å². The molecule has 2 aromatic rings. The average molecular weight is 419 g/mol. The molecule has 0 aromatic heterocycles. The molecule has 0 fully saturated rings. The second-order valence-corrected chi connectivity index (χ2v) is 7.01. The Bertz CT molecular complexity index is 960. The van der Waals surface area contributed by atoms with Crippen LogP contribution < -0.4 is 15.4 Å². The highest BCUT2D eigenvalue weighted by atomic mass is 35.5. The van der Waals surface area contributed by atoms with Gasteiger partial charge in [0, 0.05) is 30.2 Å². The minimum Gasteiger partial charge on any atom is -0.491 e. The van der Waals surface area contributed by atoms with E-state index in [-0.39, 0.29) is 25.5 Å². The zero-order valence-electron chi connectivity index (χ0n) is 15.7. The summed E-state index contributed by atoms with van der Waals surface area (Å²) in [7, 11) is 0. The average Bonchev–Trinajstić information content (AvgIpc) is 2.69. The number of halogens is 2. The minimum absolute atomic E-state index is 0.0668. The maximum Gasteiger partial charge on any atom is 0.253 e. The molecule has 0 bridgehead atoms. The molecule has 152 valence electrons. The van der Waals surface area contributed by atoms with E-state index in [0.717, 1.165) is 5.56 Å². The molecule has 0 radical (unpaired) electrons. The standard InChI is InChI=1S/C21H20ClFN2O4/c1-12-8-17(22)18(10-19(12)29-7-6-26)25-21(28)16-11-24-20(27)9-15(16)13-2-4-14(23)5-3-13/h2-5,8,10-11,15,26H,6-7,9H2,1H3,(H,24,27)(H,25,28)/t15-/m0/s1. The molecule has 29 heavy (non-hydrogen) atoms. The monoisotopic (exact) mass is 418 g/mol. The van der Waals surface area contributed by atoms with Crippen molar-refractivity contribution < 1.29 is 23.8 Å². The fourth-order valence-electron chi connectivity index (χ4n) is 3.08. The zero-order chi connectivity index (χ0) is 21.0. The van der Waals surface area contributed by atoms with E-state index >= 15 is 0 Å². The van der Waals surface area contributed by atoms with Gasteiger partial charge in [-0.1, -0.05) is 23.7 Å². The zero-order valence-corrected chi connectivity index (χ0v) is 16.4. The molecule has 1 heterocycles. The number of hydrogen-bond donors (Lipinski definition) is 3. The molecule has 0 saturated carbocycles. The fraction of sp³-hybridized carbons (Fsp3) is 0.238. The summed E-state index contributed by atoms with van der Waals surface area (Å²) < 4.78 is 18.7. The molecule has 0 unspecified atom stereocenters. The van der Waals surface area contributed by atoms with Crippen molar-refractivity contribution >= 4 is 29.1 Å². The van der Waals surface area contributed by atoms with Gasteiger partial charge in [0.05, 0.1) is 17.3 Å². The molecule has 2 aromatic carbocycles. The predicted octanol–water partition coefficient (Wildman–Crippen LogP) is 3.28. The largest absolute Gasteiger partial charge is 0.491 e. The van der Waals surface area contributed by atoms with E-state index in [2.05, 4.69) is 10.6 Å². The van der Waals surface area contributed by atoms with Crippen molar-refractivity contribution in [2.75, 3.05) is 18.5 Å². The number of ether oxygens (including phenoxy) is 1. The van der Waals surface area contributed by atoms with Crippen molar-refractivity contribution in [2.24, 2.45) is 0 Å². The number of aliphatic hydroxyl groups excluding tert-OH is 1. The minimum atomic E-state index is -0.515. The van der Waals surface area contributed by atoms with Gasteiger partial charge in [-0.25, -0.2) is 4.39 Å². The predicted molar refractivity (Wildman–Crippen MR) is 107 cm³/mol. The fourth-order valence-corrected chi connectivity index (χ4v) is 3.35. The van der Waals surface area contributed by atoms with Crippen molar-refractivity contribution in [3.8, 4) is 5.75 Å². The molecule has 2 amide bonds. The Balaban J connectivity index is 1.86. The van der Waals surface area contributed by atoms with Gasteiger partial charge in [0.15, 0.2) is 0 Å². The first-order valence-electron chi connectivity index (χ1n) is 8.99. The van der Waals surface area contributed by atoms with E-state index in [1.807, 2.05) is 0 Å². The van der Waals surface area contributed by atoms with Crippen LogP contribution in [0.15, 0.2) is 48.2 Å². The van der Waals surface area contributed by atoms with Crippen molar-refractivity contribution in [1.29, 1.82) is 0 Å². The van der Waals surface area contributed by atoms with Gasteiger partial charge in [-0.05, 0) is 36.2 Å². The first-order valence-corrected chi connectivity index (χ1v) is 9.37. The summed E-state index contributed by atoms with van der Waals surface area (Å²) in [6.45, 7) is 1.77. The second kappa shape index (κ2) is 9.07. The van der Waals surface area contributed by atoms with Crippen LogP contribution in [-0.2, 0) is 9.59 Å². The molecule has 3 rings (SSSR count). The van der Waals surface area contributed by atoms with Gasteiger partial charge in [-0.15, -0.1) is 0 Å². The third-order valence-corrected chi connectivity index (χ3v) is 4.86. The lowest BCUT2D eigenvalue weighted by Gasteiger charge is -2.24. The Labute approximate surface area is 172 Å². The third-order valence-electron chi connectivity index (χ3n) is 4.55. The number of aryl methyl sites for hydroxylation is 1. The van der Waals surface area contributed by atoms with Crippen LogP contribution in [0.25, 0.3) is 0 Å². The van der Waals surface area contributed by atoms with Crippen LogP contribution in [0.1, 0.15) is 23.5 Å². The smallest absolute Gasteiger partial charge is 0.253 e.